The summed E-state index contributed by atoms with van der Waals surface area (Å²) in [4.78, 5) is 27.0. The highest BCUT2D eigenvalue weighted by molar-refractivity contribution is 5.97. The summed E-state index contributed by atoms with van der Waals surface area (Å²) in [6.07, 6.45) is 4.32. The number of hydrogen-bond donors (Lipinski definition) is 2. The van der Waals surface area contributed by atoms with Crippen molar-refractivity contribution in [1.82, 2.24) is 25.3 Å². The monoisotopic (exact) mass is 411 g/mol. The molecule has 2 amide bonds. The molecule has 0 radical (unpaired) electrons. The number of amides is 2. The topological polar surface area (TPSA) is 88.5 Å². The number of piperazine rings is 1. The van der Waals surface area contributed by atoms with Crippen molar-refractivity contribution >= 4 is 11.8 Å². The van der Waals surface area contributed by atoms with E-state index in [1.807, 2.05) is 42.9 Å². The van der Waals surface area contributed by atoms with Gasteiger partial charge < -0.3 is 20.3 Å². The van der Waals surface area contributed by atoms with Crippen molar-refractivity contribution in [3.05, 3.63) is 47.8 Å². The van der Waals surface area contributed by atoms with Gasteiger partial charge in [0.15, 0.2) is 0 Å². The van der Waals surface area contributed by atoms with Gasteiger partial charge in [-0.1, -0.05) is 19.9 Å². The predicted octanol–water partition coefficient (Wildman–Crippen LogP) is 1.15. The van der Waals surface area contributed by atoms with Gasteiger partial charge in [-0.25, -0.2) is 0 Å². The number of nitrogens with one attached hydrogen (secondary N) is 2. The Bertz CT molecular complexity index is 912. The van der Waals surface area contributed by atoms with E-state index >= 15 is 0 Å². The first-order valence-electron chi connectivity index (χ1n) is 10.4. The molecule has 160 valence electrons. The zero-order valence-electron chi connectivity index (χ0n) is 17.7. The van der Waals surface area contributed by atoms with Crippen molar-refractivity contribution in [1.29, 1.82) is 0 Å². The second-order valence-corrected chi connectivity index (χ2v) is 8.40. The summed E-state index contributed by atoms with van der Waals surface area (Å²) in [5.74, 6) is 0.907. The summed E-state index contributed by atoms with van der Waals surface area (Å²) in [6.45, 7) is 5.77. The number of nitrogens with zero attached hydrogens (tertiary/aromatic N) is 3. The van der Waals surface area contributed by atoms with Gasteiger partial charge in [-0.05, 0) is 36.1 Å². The fourth-order valence-corrected chi connectivity index (χ4v) is 4.31. The minimum Gasteiger partial charge on any atom is -0.496 e. The van der Waals surface area contributed by atoms with Gasteiger partial charge in [0.25, 0.3) is 0 Å². The molecule has 8 heteroatoms. The van der Waals surface area contributed by atoms with Crippen LogP contribution in [0.4, 0.5) is 0 Å². The standard InChI is InChI=1S/C22H29N5O3/c1-14(2)20-22(29)27-13-17(10-18(27)21(28)25-20)23-11-15-5-6-19(30-3)16(9-15)12-26-8-4-7-24-26/h4-9,14,17-18,20,23H,10-13H2,1-3H3,(H,25,28)/t17-,18-,20-/m0/s1. The molecule has 2 aliphatic rings. The molecule has 0 saturated carbocycles. The molecule has 1 aromatic carbocycles. The number of benzene rings is 1. The summed E-state index contributed by atoms with van der Waals surface area (Å²) < 4.78 is 7.35. The van der Waals surface area contributed by atoms with Gasteiger partial charge >= 0.3 is 0 Å². The first-order chi connectivity index (χ1) is 14.5. The van der Waals surface area contributed by atoms with E-state index in [-0.39, 0.29) is 29.8 Å². The minimum absolute atomic E-state index is 0.0323. The molecule has 0 unspecified atom stereocenters. The van der Waals surface area contributed by atoms with Gasteiger partial charge in [0.05, 0.1) is 13.7 Å². The van der Waals surface area contributed by atoms with E-state index in [2.05, 4.69) is 21.8 Å². The molecule has 0 spiro atoms. The normalized spacial score (nSPS) is 23.6. The number of aromatic nitrogens is 2. The third-order valence-corrected chi connectivity index (χ3v) is 5.95. The highest BCUT2D eigenvalue weighted by Gasteiger charge is 2.46. The highest BCUT2D eigenvalue weighted by atomic mass is 16.5. The molecule has 2 fully saturated rings. The second kappa shape index (κ2) is 8.47. The molecule has 8 nitrogen and oxygen atoms in total. The third-order valence-electron chi connectivity index (χ3n) is 5.95. The van der Waals surface area contributed by atoms with Gasteiger partial charge in [0, 0.05) is 37.1 Å². The summed E-state index contributed by atoms with van der Waals surface area (Å²) in [7, 11) is 1.67. The summed E-state index contributed by atoms with van der Waals surface area (Å²) in [6, 6.07) is 7.32. The number of ether oxygens (including phenoxy) is 1. The molecule has 4 rings (SSSR count). The fourth-order valence-electron chi connectivity index (χ4n) is 4.31. The Morgan fingerprint density at radius 3 is 2.87 bits per heavy atom. The van der Waals surface area contributed by atoms with Crippen molar-refractivity contribution in [2.45, 2.75) is 51.5 Å². The molecule has 0 aliphatic carbocycles. The quantitative estimate of drug-likeness (QED) is 0.714. The number of fused-ring (bicyclic) bond motifs is 1. The molecule has 2 aromatic rings. The van der Waals surface area contributed by atoms with Crippen LogP contribution in [0.3, 0.4) is 0 Å². The van der Waals surface area contributed by atoms with Crippen molar-refractivity contribution in [3.63, 3.8) is 0 Å². The smallest absolute Gasteiger partial charge is 0.246 e. The number of rotatable bonds is 7. The Morgan fingerprint density at radius 2 is 2.17 bits per heavy atom. The molecule has 2 N–H and O–H groups in total. The van der Waals surface area contributed by atoms with Gasteiger partial charge in [-0.3, -0.25) is 14.3 Å². The largest absolute Gasteiger partial charge is 0.496 e. The Hall–Kier alpha value is -2.87. The maximum Gasteiger partial charge on any atom is 0.246 e. The van der Waals surface area contributed by atoms with Crippen LogP contribution in [0.5, 0.6) is 5.75 Å². The number of methoxy groups -OCH3 is 1. The van der Waals surface area contributed by atoms with E-state index in [1.54, 1.807) is 18.2 Å². The van der Waals surface area contributed by atoms with Gasteiger partial charge in [0.1, 0.15) is 17.8 Å². The molecule has 0 bridgehead atoms. The zero-order chi connectivity index (χ0) is 21.3. The lowest BCUT2D eigenvalue weighted by Crippen LogP contribution is -2.62. The van der Waals surface area contributed by atoms with Crippen LogP contribution in [0.1, 0.15) is 31.4 Å². The lowest BCUT2D eigenvalue weighted by molar-refractivity contribution is -0.148. The fraction of sp³-hybridized carbons (Fsp3) is 0.500. The molecular weight excluding hydrogens is 382 g/mol. The van der Waals surface area contributed by atoms with Gasteiger partial charge in [-0.15, -0.1) is 0 Å². The average Bonchev–Trinajstić information content (AvgIpc) is 3.39. The molecule has 2 saturated heterocycles. The Balaban J connectivity index is 1.41. The van der Waals surface area contributed by atoms with Crippen molar-refractivity contribution < 1.29 is 14.3 Å². The number of carbonyl (C=O) groups excluding carboxylic acids is 2. The first kappa shape index (κ1) is 20.4. The maximum atomic E-state index is 12.7. The van der Waals surface area contributed by atoms with Crippen LogP contribution in [-0.4, -0.2) is 58.3 Å². The van der Waals surface area contributed by atoms with Crippen LogP contribution >= 0.6 is 0 Å². The van der Waals surface area contributed by atoms with Crippen LogP contribution in [0, 0.1) is 5.92 Å². The third kappa shape index (κ3) is 4.05. The van der Waals surface area contributed by atoms with Crippen molar-refractivity contribution in [2.24, 2.45) is 5.92 Å². The van der Waals surface area contributed by atoms with Crippen LogP contribution in [-0.2, 0) is 22.7 Å². The summed E-state index contributed by atoms with van der Waals surface area (Å²) in [5, 5.41) is 10.7. The Labute approximate surface area is 176 Å². The lowest BCUT2D eigenvalue weighted by Gasteiger charge is -2.36. The Morgan fingerprint density at radius 1 is 1.33 bits per heavy atom. The lowest BCUT2D eigenvalue weighted by atomic mass is 9.98. The van der Waals surface area contributed by atoms with Gasteiger partial charge in [0.2, 0.25) is 11.8 Å². The van der Waals surface area contributed by atoms with E-state index in [1.165, 1.54) is 0 Å². The van der Waals surface area contributed by atoms with Crippen molar-refractivity contribution in [2.75, 3.05) is 13.7 Å². The van der Waals surface area contributed by atoms with E-state index in [0.717, 1.165) is 16.9 Å². The summed E-state index contributed by atoms with van der Waals surface area (Å²) in [5.41, 5.74) is 2.18. The maximum absolute atomic E-state index is 12.7. The van der Waals surface area contributed by atoms with E-state index < -0.39 is 6.04 Å². The molecule has 30 heavy (non-hydrogen) atoms. The van der Waals surface area contributed by atoms with Crippen LogP contribution in [0.25, 0.3) is 0 Å². The Kier molecular flexibility index (Phi) is 5.76. The minimum atomic E-state index is -0.418. The SMILES string of the molecule is COc1ccc(CN[C@H]2C[C@H]3C(=O)N[C@@H](C(C)C)C(=O)N3C2)cc1Cn1cccn1. The molecule has 3 heterocycles. The second-order valence-electron chi connectivity index (χ2n) is 8.40. The summed E-state index contributed by atoms with van der Waals surface area (Å²) >= 11 is 0. The van der Waals surface area contributed by atoms with Gasteiger partial charge in [-0.2, -0.15) is 5.10 Å². The van der Waals surface area contributed by atoms with E-state index in [9.17, 15) is 9.59 Å². The molecular formula is C22H29N5O3. The van der Waals surface area contributed by atoms with E-state index in [4.69, 9.17) is 4.74 Å². The van der Waals surface area contributed by atoms with Crippen LogP contribution in [0.2, 0.25) is 0 Å². The highest BCUT2D eigenvalue weighted by Crippen LogP contribution is 2.26. The van der Waals surface area contributed by atoms with Crippen LogP contribution < -0.4 is 15.4 Å². The van der Waals surface area contributed by atoms with Crippen molar-refractivity contribution in [3.8, 4) is 5.75 Å². The molecule has 3 atom stereocenters. The van der Waals surface area contributed by atoms with Crippen LogP contribution in [0.15, 0.2) is 36.7 Å². The van der Waals surface area contributed by atoms with E-state index in [0.29, 0.717) is 26.1 Å². The average molecular weight is 412 g/mol. The first-order valence-corrected chi connectivity index (χ1v) is 10.4. The molecule has 2 aliphatic heterocycles. The number of carbonyl (C=O) groups is 2. The predicted molar refractivity (Wildman–Crippen MR) is 112 cm³/mol. The number of hydrogen-bond acceptors (Lipinski definition) is 5. The zero-order valence-corrected chi connectivity index (χ0v) is 17.7. The molecule has 1 aromatic heterocycles.